The number of hydrogen-bond acceptors (Lipinski definition) is 3. The summed E-state index contributed by atoms with van der Waals surface area (Å²) in [5, 5.41) is 0. The van der Waals surface area contributed by atoms with E-state index in [1.165, 1.54) is 0 Å². The van der Waals surface area contributed by atoms with Gasteiger partial charge >= 0.3 is 0 Å². The van der Waals surface area contributed by atoms with Crippen molar-refractivity contribution in [2.75, 3.05) is 0 Å². The number of ether oxygens (including phenoxy) is 1. The van der Waals surface area contributed by atoms with Crippen LogP contribution in [-0.4, -0.2) is 17.4 Å². The lowest BCUT2D eigenvalue weighted by Gasteiger charge is -2.24. The molecule has 0 N–H and O–H groups in total. The normalized spacial score (nSPS) is 16.3. The van der Waals surface area contributed by atoms with E-state index in [2.05, 4.69) is 37.3 Å². The predicted octanol–water partition coefficient (Wildman–Crippen LogP) is 4.88. The first kappa shape index (κ1) is 17.1. The van der Waals surface area contributed by atoms with Crippen LogP contribution in [0, 0.1) is 6.92 Å². The van der Waals surface area contributed by atoms with Crippen molar-refractivity contribution >= 4 is 17.7 Å². The second-order valence-electron chi connectivity index (χ2n) is 6.62. The van der Waals surface area contributed by atoms with E-state index in [1.54, 1.807) is 0 Å². The zero-order valence-corrected chi connectivity index (χ0v) is 15.2. The van der Waals surface area contributed by atoms with Gasteiger partial charge in [0.2, 0.25) is 6.23 Å². The van der Waals surface area contributed by atoms with Crippen molar-refractivity contribution in [3.8, 4) is 0 Å². The summed E-state index contributed by atoms with van der Waals surface area (Å²) in [6.07, 6.45) is 0.229. The molecule has 4 rings (SSSR count). The van der Waals surface area contributed by atoms with Crippen LogP contribution >= 0.6 is 0 Å². The first-order valence-corrected chi connectivity index (χ1v) is 9.06. The van der Waals surface area contributed by atoms with Crippen LogP contribution < -0.4 is 0 Å². The topological polar surface area (TPSA) is 29.5 Å². The van der Waals surface area contributed by atoms with Crippen molar-refractivity contribution in [1.82, 2.24) is 4.90 Å². The molecule has 1 aliphatic rings. The average molecular weight is 355 g/mol. The van der Waals surface area contributed by atoms with Gasteiger partial charge in [0.15, 0.2) is 12.0 Å². The molecule has 0 spiro atoms. The number of carbonyl (C=O) groups is 1. The Morgan fingerprint density at radius 1 is 0.889 bits per heavy atom. The van der Waals surface area contributed by atoms with Crippen molar-refractivity contribution in [1.29, 1.82) is 0 Å². The molecule has 0 bridgehead atoms. The summed E-state index contributed by atoms with van der Waals surface area (Å²) in [5.74, 6) is 0.757. The highest BCUT2D eigenvalue weighted by molar-refractivity contribution is 5.91. The second kappa shape index (κ2) is 7.50. The Bertz CT molecular complexity index is 964. The van der Waals surface area contributed by atoms with Crippen LogP contribution in [-0.2, 0) is 16.1 Å². The van der Waals surface area contributed by atoms with Gasteiger partial charge in [-0.2, -0.15) is 0 Å². The SMILES string of the molecule is Cc1ccccc1C1=C(c2ccccc2)N(Cc2ccccc2)C(C=O)O1. The van der Waals surface area contributed by atoms with Crippen LogP contribution in [0.1, 0.15) is 22.3 Å². The van der Waals surface area contributed by atoms with E-state index in [0.717, 1.165) is 40.0 Å². The fourth-order valence-electron chi connectivity index (χ4n) is 3.46. The third kappa shape index (κ3) is 3.36. The quantitative estimate of drug-likeness (QED) is 0.611. The molecule has 3 aromatic carbocycles. The average Bonchev–Trinajstić information content (AvgIpc) is 3.08. The number of hydrogen-bond donors (Lipinski definition) is 0. The molecule has 1 heterocycles. The van der Waals surface area contributed by atoms with Crippen molar-refractivity contribution in [3.63, 3.8) is 0 Å². The molecule has 1 unspecified atom stereocenters. The van der Waals surface area contributed by atoms with Crippen LogP contribution in [0.3, 0.4) is 0 Å². The highest BCUT2D eigenvalue weighted by Crippen LogP contribution is 2.40. The molecule has 0 saturated heterocycles. The summed E-state index contributed by atoms with van der Waals surface area (Å²) in [6, 6.07) is 28.4. The van der Waals surface area contributed by atoms with Gasteiger partial charge in [0.1, 0.15) is 0 Å². The molecule has 3 nitrogen and oxygen atoms in total. The minimum Gasteiger partial charge on any atom is -0.461 e. The zero-order valence-electron chi connectivity index (χ0n) is 15.2. The van der Waals surface area contributed by atoms with Crippen LogP contribution in [0.5, 0.6) is 0 Å². The van der Waals surface area contributed by atoms with Crippen LogP contribution in [0.2, 0.25) is 0 Å². The number of benzene rings is 3. The van der Waals surface area contributed by atoms with E-state index in [4.69, 9.17) is 4.74 Å². The molecule has 0 fully saturated rings. The smallest absolute Gasteiger partial charge is 0.229 e. The van der Waals surface area contributed by atoms with Gasteiger partial charge in [0.05, 0.1) is 5.70 Å². The summed E-state index contributed by atoms with van der Waals surface area (Å²) in [4.78, 5) is 13.9. The lowest BCUT2D eigenvalue weighted by molar-refractivity contribution is -0.119. The lowest BCUT2D eigenvalue weighted by Crippen LogP contribution is -2.31. The fraction of sp³-hybridized carbons (Fsp3) is 0.125. The Labute approximate surface area is 159 Å². The first-order valence-electron chi connectivity index (χ1n) is 9.06. The molecule has 1 aliphatic heterocycles. The standard InChI is InChI=1S/C24H21NO2/c1-18-10-8-9-15-21(18)24-23(20-13-6-3-7-14-20)25(22(17-26)27-24)16-19-11-4-2-5-12-19/h2-15,17,22H,16H2,1H3. The van der Waals surface area contributed by atoms with Gasteiger partial charge in [-0.1, -0.05) is 84.9 Å². The summed E-state index contributed by atoms with van der Waals surface area (Å²) in [7, 11) is 0. The third-order valence-corrected chi connectivity index (χ3v) is 4.80. The van der Waals surface area contributed by atoms with Crippen LogP contribution in [0.15, 0.2) is 84.9 Å². The first-order chi connectivity index (χ1) is 13.3. The lowest BCUT2D eigenvalue weighted by atomic mass is 10.0. The van der Waals surface area contributed by atoms with Crippen molar-refractivity contribution in [2.45, 2.75) is 19.7 Å². The van der Waals surface area contributed by atoms with E-state index < -0.39 is 6.23 Å². The maximum Gasteiger partial charge on any atom is 0.229 e. The van der Waals surface area contributed by atoms with Gasteiger partial charge in [0.25, 0.3) is 0 Å². The number of aldehydes is 1. The highest BCUT2D eigenvalue weighted by Gasteiger charge is 2.35. The van der Waals surface area contributed by atoms with Gasteiger partial charge in [-0.25, -0.2) is 0 Å². The van der Waals surface area contributed by atoms with Gasteiger partial charge in [-0.3, -0.25) is 4.79 Å². The molecule has 0 radical (unpaired) electrons. The van der Waals surface area contributed by atoms with Crippen molar-refractivity contribution in [3.05, 3.63) is 107 Å². The Balaban J connectivity index is 1.87. The van der Waals surface area contributed by atoms with Crippen molar-refractivity contribution < 1.29 is 9.53 Å². The number of rotatable bonds is 5. The largest absolute Gasteiger partial charge is 0.461 e. The Morgan fingerprint density at radius 2 is 1.52 bits per heavy atom. The molecule has 0 saturated carbocycles. The monoisotopic (exact) mass is 355 g/mol. The molecule has 1 atom stereocenters. The molecule has 3 heteroatoms. The zero-order chi connectivity index (χ0) is 18.6. The summed E-state index contributed by atoms with van der Waals surface area (Å²) in [6.45, 7) is 2.66. The number of carbonyl (C=O) groups excluding carboxylic acids is 1. The number of aryl methyl sites for hydroxylation is 1. The maximum atomic E-state index is 11.9. The molecule has 27 heavy (non-hydrogen) atoms. The molecule has 0 amide bonds. The molecule has 134 valence electrons. The Hall–Kier alpha value is -3.33. The minimum absolute atomic E-state index is 0.601. The van der Waals surface area contributed by atoms with Crippen molar-refractivity contribution in [2.24, 2.45) is 0 Å². The predicted molar refractivity (Wildman–Crippen MR) is 107 cm³/mol. The van der Waals surface area contributed by atoms with Gasteiger partial charge in [-0.15, -0.1) is 0 Å². The van der Waals surface area contributed by atoms with Gasteiger partial charge in [0, 0.05) is 17.7 Å². The summed E-state index contributed by atoms with van der Waals surface area (Å²) < 4.78 is 6.17. The Kier molecular flexibility index (Phi) is 4.75. The minimum atomic E-state index is -0.644. The molecule has 3 aromatic rings. The number of nitrogens with zero attached hydrogens (tertiary/aromatic N) is 1. The maximum absolute atomic E-state index is 11.9. The van der Waals surface area contributed by atoms with Gasteiger partial charge < -0.3 is 9.64 Å². The van der Waals surface area contributed by atoms with E-state index in [9.17, 15) is 4.79 Å². The van der Waals surface area contributed by atoms with E-state index in [-0.39, 0.29) is 0 Å². The van der Waals surface area contributed by atoms with Crippen LogP contribution in [0.25, 0.3) is 11.5 Å². The fourth-order valence-corrected chi connectivity index (χ4v) is 3.46. The molecule has 0 aromatic heterocycles. The third-order valence-electron chi connectivity index (χ3n) is 4.80. The van der Waals surface area contributed by atoms with E-state index in [1.807, 2.05) is 59.5 Å². The van der Waals surface area contributed by atoms with E-state index in [0.29, 0.717) is 6.54 Å². The summed E-state index contributed by atoms with van der Waals surface area (Å²) >= 11 is 0. The molecular formula is C24H21NO2. The molecule has 0 aliphatic carbocycles. The highest BCUT2D eigenvalue weighted by atomic mass is 16.5. The van der Waals surface area contributed by atoms with Crippen LogP contribution in [0.4, 0.5) is 0 Å². The summed E-state index contributed by atoms with van der Waals surface area (Å²) in [5.41, 5.74) is 5.25. The Morgan fingerprint density at radius 3 is 2.19 bits per heavy atom. The second-order valence-corrected chi connectivity index (χ2v) is 6.62. The van der Waals surface area contributed by atoms with E-state index >= 15 is 0 Å². The van der Waals surface area contributed by atoms with Gasteiger partial charge in [-0.05, 0) is 18.1 Å². The molecular weight excluding hydrogens is 334 g/mol.